The molecule has 0 bridgehead atoms. The molecule has 4 aromatic carbocycles. The van der Waals surface area contributed by atoms with Gasteiger partial charge < -0.3 is 0 Å². The number of benzene rings is 4. The molecule has 0 amide bonds. The summed E-state index contributed by atoms with van der Waals surface area (Å²) in [6, 6.07) is 30.1. The number of fused-ring (bicyclic) bond motifs is 4. The molecule has 0 atom stereocenters. The van der Waals surface area contributed by atoms with E-state index in [1.807, 2.05) is 0 Å². The third-order valence-electron chi connectivity index (χ3n) is 7.36. The van der Waals surface area contributed by atoms with Crippen molar-refractivity contribution in [2.24, 2.45) is 0 Å². The maximum atomic E-state index is 2.42. The maximum Gasteiger partial charge on any atom is 0.0435 e. The van der Waals surface area contributed by atoms with E-state index in [2.05, 4.69) is 99.6 Å². The molecule has 6 rings (SSSR count). The van der Waals surface area contributed by atoms with Gasteiger partial charge in [-0.2, -0.15) is 0 Å². The van der Waals surface area contributed by atoms with Crippen LogP contribution >= 0.6 is 0 Å². The molecule has 0 aliphatic heterocycles. The number of hydrogen-bond donors (Lipinski definition) is 0. The average molecular weight is 387 g/mol. The van der Waals surface area contributed by atoms with E-state index in [0.29, 0.717) is 0 Å². The first-order chi connectivity index (χ1) is 14.5. The molecule has 0 nitrogen and oxygen atoms in total. The lowest BCUT2D eigenvalue weighted by atomic mass is 9.73. The summed E-state index contributed by atoms with van der Waals surface area (Å²) < 4.78 is 0. The van der Waals surface area contributed by atoms with Gasteiger partial charge >= 0.3 is 0 Å². The van der Waals surface area contributed by atoms with Crippen LogP contribution in [0.15, 0.2) is 78.9 Å². The summed E-state index contributed by atoms with van der Waals surface area (Å²) in [5, 5.41) is 0. The van der Waals surface area contributed by atoms with Crippen LogP contribution in [0.25, 0.3) is 22.3 Å². The molecule has 0 unspecified atom stereocenters. The van der Waals surface area contributed by atoms with E-state index in [1.165, 1.54) is 74.0 Å². The van der Waals surface area contributed by atoms with E-state index in [4.69, 9.17) is 0 Å². The van der Waals surface area contributed by atoms with Crippen molar-refractivity contribution in [3.8, 4) is 22.3 Å². The van der Waals surface area contributed by atoms with E-state index in [0.717, 1.165) is 0 Å². The highest BCUT2D eigenvalue weighted by Crippen LogP contribution is 2.53. The summed E-state index contributed by atoms with van der Waals surface area (Å²) in [6.07, 6.45) is 2.46. The number of hydrogen-bond acceptors (Lipinski definition) is 0. The van der Waals surface area contributed by atoms with Crippen LogP contribution in [0.3, 0.4) is 0 Å². The van der Waals surface area contributed by atoms with Crippen molar-refractivity contribution in [2.45, 2.75) is 39.0 Å². The van der Waals surface area contributed by atoms with Crippen LogP contribution in [-0.4, -0.2) is 0 Å². The second-order valence-corrected chi connectivity index (χ2v) is 9.29. The van der Waals surface area contributed by atoms with Crippen LogP contribution in [0.5, 0.6) is 0 Å². The van der Waals surface area contributed by atoms with Gasteiger partial charge in [0.25, 0.3) is 0 Å². The fourth-order valence-corrected chi connectivity index (χ4v) is 5.45. The summed E-state index contributed by atoms with van der Waals surface area (Å²) in [5.41, 5.74) is 15.2. The lowest BCUT2D eigenvalue weighted by Gasteiger charge is -2.29. The number of rotatable bonds is 2. The summed E-state index contributed by atoms with van der Waals surface area (Å²) in [6.45, 7) is 6.81. The molecule has 0 radical (unpaired) electrons. The monoisotopic (exact) mass is 386 g/mol. The molecule has 0 fully saturated rings. The third kappa shape index (κ3) is 2.40. The van der Waals surface area contributed by atoms with Gasteiger partial charge in [-0.15, -0.1) is 0 Å². The third-order valence-corrected chi connectivity index (χ3v) is 7.36. The van der Waals surface area contributed by atoms with Crippen molar-refractivity contribution < 1.29 is 0 Å². The predicted molar refractivity (Wildman–Crippen MR) is 126 cm³/mol. The van der Waals surface area contributed by atoms with Gasteiger partial charge in [-0.1, -0.05) is 83.9 Å². The first-order valence-corrected chi connectivity index (χ1v) is 11.0. The molecule has 0 saturated heterocycles. The Kier molecular flexibility index (Phi) is 3.65. The van der Waals surface area contributed by atoms with Crippen LogP contribution in [0.4, 0.5) is 0 Å². The standard InChI is InChI=1S/C30H26/c1-19-7-13-26-27-14-8-20(2)16-29(27)30(3,28(26)15-19)25-6-4-5-22(18-25)24-12-10-21-9-11-23(21)17-24/h4-8,10,12-18H,9,11H2,1-3H3. The summed E-state index contributed by atoms with van der Waals surface area (Å²) >= 11 is 0. The summed E-state index contributed by atoms with van der Waals surface area (Å²) in [7, 11) is 0. The van der Waals surface area contributed by atoms with Gasteiger partial charge in [0.05, 0.1) is 0 Å². The molecule has 2 aliphatic rings. The second kappa shape index (κ2) is 6.19. The molecule has 0 heterocycles. The fourth-order valence-electron chi connectivity index (χ4n) is 5.45. The molecule has 0 saturated carbocycles. The highest BCUT2D eigenvalue weighted by Gasteiger charge is 2.40. The Morgan fingerprint density at radius 3 is 1.83 bits per heavy atom. The quantitative estimate of drug-likeness (QED) is 0.336. The normalized spacial score (nSPS) is 15.2. The van der Waals surface area contributed by atoms with E-state index in [1.54, 1.807) is 0 Å². The summed E-state index contributed by atoms with van der Waals surface area (Å²) in [5.74, 6) is 0. The summed E-state index contributed by atoms with van der Waals surface area (Å²) in [4.78, 5) is 0. The molecule has 146 valence electrons. The Morgan fingerprint density at radius 1 is 0.600 bits per heavy atom. The molecule has 4 aromatic rings. The van der Waals surface area contributed by atoms with Crippen molar-refractivity contribution in [1.29, 1.82) is 0 Å². The minimum Gasteiger partial charge on any atom is -0.0613 e. The van der Waals surface area contributed by atoms with Gasteiger partial charge in [0.2, 0.25) is 0 Å². The zero-order valence-corrected chi connectivity index (χ0v) is 17.9. The predicted octanol–water partition coefficient (Wildman–Crippen LogP) is 7.40. The van der Waals surface area contributed by atoms with Gasteiger partial charge in [-0.3, -0.25) is 0 Å². The molecule has 2 aliphatic carbocycles. The minimum atomic E-state index is -0.140. The zero-order valence-electron chi connectivity index (χ0n) is 17.9. The second-order valence-electron chi connectivity index (χ2n) is 9.29. The van der Waals surface area contributed by atoms with E-state index >= 15 is 0 Å². The van der Waals surface area contributed by atoms with Crippen LogP contribution < -0.4 is 0 Å². The fraction of sp³-hybridized carbons (Fsp3) is 0.200. The number of aryl methyl sites for hydroxylation is 4. The van der Waals surface area contributed by atoms with Crippen molar-refractivity contribution in [1.82, 2.24) is 0 Å². The molecule has 0 N–H and O–H groups in total. The first kappa shape index (κ1) is 17.7. The molecule has 0 aromatic heterocycles. The van der Waals surface area contributed by atoms with Crippen molar-refractivity contribution in [3.63, 3.8) is 0 Å². The largest absolute Gasteiger partial charge is 0.0613 e. The Bertz CT molecular complexity index is 1270. The molecule has 30 heavy (non-hydrogen) atoms. The van der Waals surface area contributed by atoms with Crippen LogP contribution in [0.1, 0.15) is 45.9 Å². The zero-order chi connectivity index (χ0) is 20.5. The minimum absolute atomic E-state index is 0.140. The SMILES string of the molecule is Cc1ccc2c(c1)C(C)(c1cccc(-c3ccc4c(c3)CC4)c1)c1cc(C)ccc1-2. The topological polar surface area (TPSA) is 0 Å². The first-order valence-electron chi connectivity index (χ1n) is 11.0. The lowest BCUT2D eigenvalue weighted by Crippen LogP contribution is -2.22. The highest BCUT2D eigenvalue weighted by molar-refractivity contribution is 5.84. The molecule has 0 spiro atoms. The Morgan fingerprint density at radius 2 is 1.23 bits per heavy atom. The average Bonchev–Trinajstić information content (AvgIpc) is 2.98. The van der Waals surface area contributed by atoms with Crippen molar-refractivity contribution in [3.05, 3.63) is 118 Å². The van der Waals surface area contributed by atoms with Gasteiger partial charge in [-0.25, -0.2) is 0 Å². The van der Waals surface area contributed by atoms with Crippen molar-refractivity contribution >= 4 is 0 Å². The highest BCUT2D eigenvalue weighted by atomic mass is 14.4. The van der Waals surface area contributed by atoms with Crippen LogP contribution in [0.2, 0.25) is 0 Å². The van der Waals surface area contributed by atoms with E-state index in [9.17, 15) is 0 Å². The smallest absolute Gasteiger partial charge is 0.0435 e. The van der Waals surface area contributed by atoms with Crippen molar-refractivity contribution in [2.75, 3.05) is 0 Å². The Balaban J connectivity index is 1.57. The lowest BCUT2D eigenvalue weighted by molar-refractivity contribution is 0.712. The van der Waals surface area contributed by atoms with Gasteiger partial charge in [0.15, 0.2) is 0 Å². The Hall–Kier alpha value is -3.12. The van der Waals surface area contributed by atoms with Crippen LogP contribution in [0, 0.1) is 13.8 Å². The Labute approximate surface area is 179 Å². The molecular weight excluding hydrogens is 360 g/mol. The van der Waals surface area contributed by atoms with Gasteiger partial charge in [0.1, 0.15) is 0 Å². The molecule has 0 heteroatoms. The maximum absolute atomic E-state index is 2.42. The van der Waals surface area contributed by atoms with E-state index in [-0.39, 0.29) is 5.41 Å². The van der Waals surface area contributed by atoms with Crippen LogP contribution in [-0.2, 0) is 18.3 Å². The van der Waals surface area contributed by atoms with Gasteiger partial charge in [-0.05, 0) is 89.8 Å². The molecular formula is C30H26. The van der Waals surface area contributed by atoms with Gasteiger partial charge in [0, 0.05) is 5.41 Å². The van der Waals surface area contributed by atoms with E-state index < -0.39 is 0 Å².